The minimum atomic E-state index is 0.0158. The fourth-order valence-corrected chi connectivity index (χ4v) is 5.06. The first-order chi connectivity index (χ1) is 16.8. The Morgan fingerprint density at radius 3 is 2.59 bits per heavy atom. The van der Waals surface area contributed by atoms with E-state index in [4.69, 9.17) is 4.98 Å². The third-order valence-electron chi connectivity index (χ3n) is 6.93. The summed E-state index contributed by atoms with van der Waals surface area (Å²) in [7, 11) is 0. The number of benzene rings is 2. The summed E-state index contributed by atoms with van der Waals surface area (Å²) in [5.41, 5.74) is 6.67. The van der Waals surface area contributed by atoms with E-state index in [9.17, 15) is 4.79 Å². The Kier molecular flexibility index (Phi) is 5.34. The molecule has 6 nitrogen and oxygen atoms in total. The molecule has 34 heavy (non-hydrogen) atoms. The number of fused-ring (bicyclic) bond motifs is 2. The summed E-state index contributed by atoms with van der Waals surface area (Å²) in [5, 5.41) is 0. The van der Waals surface area contributed by atoms with Crippen LogP contribution >= 0.6 is 0 Å². The maximum absolute atomic E-state index is 13.1. The van der Waals surface area contributed by atoms with E-state index in [1.807, 2.05) is 41.6 Å². The second-order valence-corrected chi connectivity index (χ2v) is 8.98. The third kappa shape index (κ3) is 3.85. The van der Waals surface area contributed by atoms with E-state index < -0.39 is 0 Å². The Labute approximate surface area is 199 Å². The summed E-state index contributed by atoms with van der Waals surface area (Å²) in [5.74, 6) is 0.907. The zero-order valence-electron chi connectivity index (χ0n) is 19.1. The quantitative estimate of drug-likeness (QED) is 0.456. The lowest BCUT2D eigenvalue weighted by molar-refractivity contribution is 0.0989. The van der Waals surface area contributed by atoms with Crippen molar-refractivity contribution >= 4 is 17.4 Å². The fourth-order valence-electron chi connectivity index (χ4n) is 5.06. The molecule has 6 rings (SSSR count). The fraction of sp³-hybridized carbons (Fsp3) is 0.250. The van der Waals surface area contributed by atoms with Gasteiger partial charge < -0.3 is 14.4 Å². The van der Waals surface area contributed by atoms with E-state index in [0.717, 1.165) is 62.6 Å². The molecule has 0 atom stereocenters. The number of hydrogen-bond acceptors (Lipinski definition) is 4. The van der Waals surface area contributed by atoms with Gasteiger partial charge in [0.1, 0.15) is 5.82 Å². The Morgan fingerprint density at radius 2 is 1.74 bits per heavy atom. The van der Waals surface area contributed by atoms with Crippen LogP contribution in [0.15, 0.2) is 79.3 Å². The van der Waals surface area contributed by atoms with Crippen LogP contribution in [0.5, 0.6) is 0 Å². The highest BCUT2D eigenvalue weighted by Gasteiger charge is 2.26. The minimum Gasteiger partial charge on any atom is -0.350 e. The van der Waals surface area contributed by atoms with Crippen molar-refractivity contribution in [3.05, 3.63) is 107 Å². The summed E-state index contributed by atoms with van der Waals surface area (Å²) in [4.78, 5) is 26.5. The van der Waals surface area contributed by atoms with Gasteiger partial charge in [0.15, 0.2) is 0 Å². The first-order valence-electron chi connectivity index (χ1n) is 11.9. The van der Waals surface area contributed by atoms with Gasteiger partial charge in [0.25, 0.3) is 5.91 Å². The number of hydrogen-bond donors (Lipinski definition) is 0. The van der Waals surface area contributed by atoms with Crippen LogP contribution in [0.2, 0.25) is 0 Å². The standard InChI is InChI=1S/C28H27N5O/c34-28(33-17-13-22-8-4-5-9-25(22)33)23-10-11-27(29-18-23)31-16-14-26-24(19-31)30-20-32(26)15-12-21-6-2-1-3-7-21/h1-11,18,20H,12-17,19H2. The molecule has 2 aliphatic heterocycles. The monoisotopic (exact) mass is 449 g/mol. The number of anilines is 2. The highest BCUT2D eigenvalue weighted by atomic mass is 16.2. The van der Waals surface area contributed by atoms with Crippen molar-refractivity contribution in [2.24, 2.45) is 0 Å². The van der Waals surface area contributed by atoms with Crippen molar-refractivity contribution in [1.82, 2.24) is 14.5 Å². The molecule has 2 aromatic heterocycles. The second kappa shape index (κ2) is 8.78. The number of rotatable bonds is 5. The van der Waals surface area contributed by atoms with Gasteiger partial charge in [0.2, 0.25) is 0 Å². The number of carbonyl (C=O) groups is 1. The number of imidazole rings is 1. The van der Waals surface area contributed by atoms with Gasteiger partial charge in [0.05, 0.1) is 24.1 Å². The lowest BCUT2D eigenvalue weighted by Gasteiger charge is -2.28. The van der Waals surface area contributed by atoms with Crippen LogP contribution in [-0.2, 0) is 32.4 Å². The molecule has 2 aromatic carbocycles. The van der Waals surface area contributed by atoms with Crippen molar-refractivity contribution in [2.45, 2.75) is 32.4 Å². The molecule has 0 unspecified atom stereocenters. The van der Waals surface area contributed by atoms with Crippen LogP contribution in [0.1, 0.15) is 32.9 Å². The van der Waals surface area contributed by atoms with E-state index in [1.165, 1.54) is 16.8 Å². The molecule has 0 N–H and O–H groups in total. The summed E-state index contributed by atoms with van der Waals surface area (Å²) in [6, 6.07) is 22.6. The number of aromatic nitrogens is 3. The van der Waals surface area contributed by atoms with Gasteiger partial charge in [-0.3, -0.25) is 4.79 Å². The zero-order chi connectivity index (χ0) is 22.9. The SMILES string of the molecule is O=C(c1ccc(N2CCc3c(ncn3CCc3ccccc3)C2)nc1)N1CCc2ccccc21. The number of nitrogens with zero attached hydrogens (tertiary/aromatic N) is 5. The smallest absolute Gasteiger partial charge is 0.259 e. The number of carbonyl (C=O) groups excluding carboxylic acids is 1. The molecule has 4 aromatic rings. The highest BCUT2D eigenvalue weighted by Crippen LogP contribution is 2.29. The average Bonchev–Trinajstić information content (AvgIpc) is 3.51. The summed E-state index contributed by atoms with van der Waals surface area (Å²) >= 11 is 0. The van der Waals surface area contributed by atoms with Gasteiger partial charge in [-0.2, -0.15) is 0 Å². The normalized spacial score (nSPS) is 14.7. The summed E-state index contributed by atoms with van der Waals surface area (Å²) in [6.07, 6.45) is 6.54. The molecule has 0 spiro atoms. The van der Waals surface area contributed by atoms with Gasteiger partial charge in [-0.1, -0.05) is 48.5 Å². The largest absolute Gasteiger partial charge is 0.350 e. The average molecular weight is 450 g/mol. The lowest BCUT2D eigenvalue weighted by Crippen LogP contribution is -2.32. The minimum absolute atomic E-state index is 0.0158. The van der Waals surface area contributed by atoms with Crippen molar-refractivity contribution in [2.75, 3.05) is 22.9 Å². The van der Waals surface area contributed by atoms with Gasteiger partial charge >= 0.3 is 0 Å². The van der Waals surface area contributed by atoms with Crippen LogP contribution < -0.4 is 9.80 Å². The van der Waals surface area contributed by atoms with Crippen molar-refractivity contribution < 1.29 is 4.79 Å². The molecule has 0 aliphatic carbocycles. The van der Waals surface area contributed by atoms with Crippen LogP contribution in [-0.4, -0.2) is 33.5 Å². The van der Waals surface area contributed by atoms with Crippen LogP contribution in [0.3, 0.4) is 0 Å². The maximum Gasteiger partial charge on any atom is 0.259 e. The van der Waals surface area contributed by atoms with Gasteiger partial charge in [0, 0.05) is 43.6 Å². The van der Waals surface area contributed by atoms with Crippen molar-refractivity contribution in [1.29, 1.82) is 0 Å². The van der Waals surface area contributed by atoms with Crippen LogP contribution in [0, 0.1) is 0 Å². The van der Waals surface area contributed by atoms with Crippen LogP contribution in [0.4, 0.5) is 11.5 Å². The van der Waals surface area contributed by atoms with Crippen molar-refractivity contribution in [3.63, 3.8) is 0 Å². The Bertz CT molecular complexity index is 1310. The lowest BCUT2D eigenvalue weighted by atomic mass is 10.1. The Balaban J connectivity index is 1.12. The van der Waals surface area contributed by atoms with Gasteiger partial charge in [-0.05, 0) is 42.2 Å². The van der Waals surface area contributed by atoms with E-state index in [-0.39, 0.29) is 5.91 Å². The Morgan fingerprint density at radius 1 is 0.882 bits per heavy atom. The van der Waals surface area contributed by atoms with E-state index in [0.29, 0.717) is 5.56 Å². The predicted octanol–water partition coefficient (Wildman–Crippen LogP) is 4.29. The Hall–Kier alpha value is -3.93. The molecular weight excluding hydrogens is 422 g/mol. The molecule has 4 heterocycles. The van der Waals surface area contributed by atoms with E-state index >= 15 is 0 Å². The maximum atomic E-state index is 13.1. The number of pyridine rings is 1. The molecule has 6 heteroatoms. The van der Waals surface area contributed by atoms with E-state index in [1.54, 1.807) is 6.20 Å². The molecular formula is C28H27N5O. The first-order valence-corrected chi connectivity index (χ1v) is 11.9. The summed E-state index contributed by atoms with van der Waals surface area (Å²) in [6.45, 7) is 3.31. The number of para-hydroxylation sites is 1. The second-order valence-electron chi connectivity index (χ2n) is 8.98. The predicted molar refractivity (Wildman–Crippen MR) is 133 cm³/mol. The van der Waals surface area contributed by atoms with Gasteiger partial charge in [-0.15, -0.1) is 0 Å². The molecule has 170 valence electrons. The number of aryl methyl sites for hydroxylation is 2. The topological polar surface area (TPSA) is 54.3 Å². The highest BCUT2D eigenvalue weighted by molar-refractivity contribution is 6.07. The molecule has 1 amide bonds. The molecule has 0 fully saturated rings. The molecule has 2 aliphatic rings. The molecule has 0 saturated carbocycles. The van der Waals surface area contributed by atoms with Gasteiger partial charge in [-0.25, -0.2) is 9.97 Å². The van der Waals surface area contributed by atoms with Crippen molar-refractivity contribution in [3.8, 4) is 0 Å². The molecule has 0 radical (unpaired) electrons. The summed E-state index contributed by atoms with van der Waals surface area (Å²) < 4.78 is 2.29. The molecule has 0 bridgehead atoms. The van der Waals surface area contributed by atoms with Crippen LogP contribution in [0.25, 0.3) is 0 Å². The van der Waals surface area contributed by atoms with E-state index in [2.05, 4.69) is 50.8 Å². The third-order valence-corrected chi connectivity index (χ3v) is 6.93. The molecule has 0 saturated heterocycles. The first kappa shape index (κ1) is 20.7. The number of amides is 1. The zero-order valence-corrected chi connectivity index (χ0v) is 19.1.